The predicted molar refractivity (Wildman–Crippen MR) is 72.9 cm³/mol. The number of primary sulfonamides is 1. The number of hydrogen-bond donors (Lipinski definition) is 1. The minimum atomic E-state index is -3.76. The Balaban J connectivity index is 2.43. The zero-order valence-corrected chi connectivity index (χ0v) is 12.2. The Labute approximate surface area is 113 Å². The molecule has 0 amide bonds. The van der Waals surface area contributed by atoms with Crippen molar-refractivity contribution in [2.45, 2.75) is 24.7 Å². The summed E-state index contributed by atoms with van der Waals surface area (Å²) in [6.07, 6.45) is 1.05. The molecule has 0 saturated heterocycles. The highest BCUT2D eigenvalue weighted by atomic mass is 32.2. The molecule has 8 heteroatoms. The van der Waals surface area contributed by atoms with Crippen molar-refractivity contribution in [2.24, 2.45) is 5.14 Å². The van der Waals surface area contributed by atoms with Gasteiger partial charge in [-0.15, -0.1) is 0 Å². The maximum Gasteiger partial charge on any atom is 0.238 e. The summed E-state index contributed by atoms with van der Waals surface area (Å²) in [6.45, 7) is 2.16. The molecule has 1 aromatic carbocycles. The first-order valence-corrected chi connectivity index (χ1v) is 9.07. The molecular weight excluding hydrogens is 288 g/mol. The lowest BCUT2D eigenvalue weighted by atomic mass is 10.2. The van der Waals surface area contributed by atoms with Crippen molar-refractivity contribution in [1.82, 2.24) is 0 Å². The van der Waals surface area contributed by atoms with E-state index in [0.29, 0.717) is 30.6 Å². The van der Waals surface area contributed by atoms with Gasteiger partial charge in [-0.2, -0.15) is 0 Å². The molecule has 6 nitrogen and oxygen atoms in total. The second-order valence-electron chi connectivity index (χ2n) is 4.47. The fourth-order valence-corrected chi connectivity index (χ4v) is 4.33. The number of rotatable bonds is 4. The average Bonchev–Trinajstić information content (AvgIpc) is 2.70. The molecule has 0 spiro atoms. The van der Waals surface area contributed by atoms with Gasteiger partial charge in [0.2, 0.25) is 20.0 Å². The van der Waals surface area contributed by atoms with Crippen LogP contribution in [0.2, 0.25) is 0 Å². The molecule has 0 unspecified atom stereocenters. The third kappa shape index (κ3) is 2.75. The van der Waals surface area contributed by atoms with Gasteiger partial charge in [0.15, 0.2) is 0 Å². The molecule has 1 aliphatic rings. The number of fused-ring (bicyclic) bond motifs is 1. The van der Waals surface area contributed by atoms with E-state index in [1.165, 1.54) is 22.5 Å². The molecule has 1 aliphatic heterocycles. The van der Waals surface area contributed by atoms with Gasteiger partial charge in [0.25, 0.3) is 0 Å². The number of anilines is 1. The summed E-state index contributed by atoms with van der Waals surface area (Å²) >= 11 is 0. The molecule has 0 bridgehead atoms. The van der Waals surface area contributed by atoms with Crippen LogP contribution in [0.5, 0.6) is 0 Å². The van der Waals surface area contributed by atoms with Crippen LogP contribution in [-0.4, -0.2) is 29.1 Å². The summed E-state index contributed by atoms with van der Waals surface area (Å²) in [6, 6.07) is 4.30. The van der Waals surface area contributed by atoms with E-state index in [1.54, 1.807) is 6.92 Å². The standard InChI is InChI=1S/C11H16N2O4S2/c1-2-7-18(14,15)13-6-5-9-8-10(19(12,16)17)3-4-11(9)13/h3-4,8H,2,5-7H2,1H3,(H2,12,16,17). The Kier molecular flexibility index (Phi) is 3.59. The Morgan fingerprint density at radius 2 is 1.95 bits per heavy atom. The minimum Gasteiger partial charge on any atom is -0.270 e. The second kappa shape index (κ2) is 4.77. The number of nitrogens with zero attached hydrogens (tertiary/aromatic N) is 1. The molecule has 2 rings (SSSR count). The highest BCUT2D eigenvalue weighted by Gasteiger charge is 2.29. The lowest BCUT2D eigenvalue weighted by Crippen LogP contribution is -2.31. The van der Waals surface area contributed by atoms with Crippen molar-refractivity contribution in [2.75, 3.05) is 16.6 Å². The average molecular weight is 304 g/mol. The van der Waals surface area contributed by atoms with Crippen LogP contribution in [0.15, 0.2) is 23.1 Å². The molecule has 0 aliphatic carbocycles. The summed E-state index contributed by atoms with van der Waals surface area (Å²) < 4.78 is 48.0. The van der Waals surface area contributed by atoms with Crippen LogP contribution >= 0.6 is 0 Å². The van der Waals surface area contributed by atoms with E-state index in [9.17, 15) is 16.8 Å². The van der Waals surface area contributed by atoms with Crippen LogP contribution in [-0.2, 0) is 26.5 Å². The molecule has 0 saturated carbocycles. The van der Waals surface area contributed by atoms with Crippen LogP contribution in [0.4, 0.5) is 5.69 Å². The van der Waals surface area contributed by atoms with Crippen molar-refractivity contribution in [1.29, 1.82) is 0 Å². The lowest BCUT2D eigenvalue weighted by Gasteiger charge is -2.19. The van der Waals surface area contributed by atoms with Crippen LogP contribution in [0.1, 0.15) is 18.9 Å². The first-order valence-electron chi connectivity index (χ1n) is 5.92. The van der Waals surface area contributed by atoms with Crippen molar-refractivity contribution < 1.29 is 16.8 Å². The van der Waals surface area contributed by atoms with Gasteiger partial charge in [0.05, 0.1) is 16.3 Å². The van der Waals surface area contributed by atoms with Crippen LogP contribution in [0.3, 0.4) is 0 Å². The van der Waals surface area contributed by atoms with E-state index in [0.717, 1.165) is 0 Å². The van der Waals surface area contributed by atoms with Gasteiger partial charge in [-0.25, -0.2) is 22.0 Å². The van der Waals surface area contributed by atoms with Crippen LogP contribution < -0.4 is 9.44 Å². The SMILES string of the molecule is CCCS(=O)(=O)N1CCc2cc(S(N)(=O)=O)ccc21. The van der Waals surface area contributed by atoms with Gasteiger partial charge in [-0.05, 0) is 36.6 Å². The van der Waals surface area contributed by atoms with Crippen molar-refractivity contribution >= 4 is 25.7 Å². The monoisotopic (exact) mass is 304 g/mol. The summed E-state index contributed by atoms with van der Waals surface area (Å²) in [5, 5.41) is 5.06. The molecule has 0 atom stereocenters. The zero-order chi connectivity index (χ0) is 14.3. The molecular formula is C11H16N2O4S2. The molecule has 2 N–H and O–H groups in total. The molecule has 106 valence electrons. The van der Waals surface area contributed by atoms with Gasteiger partial charge < -0.3 is 0 Å². The van der Waals surface area contributed by atoms with Crippen LogP contribution in [0, 0.1) is 0 Å². The Hall–Kier alpha value is -1.12. The largest absolute Gasteiger partial charge is 0.270 e. The van der Waals surface area contributed by atoms with Gasteiger partial charge in [-0.1, -0.05) is 6.92 Å². The Morgan fingerprint density at radius 3 is 2.53 bits per heavy atom. The van der Waals surface area contributed by atoms with Crippen LogP contribution in [0.25, 0.3) is 0 Å². The van der Waals surface area contributed by atoms with Gasteiger partial charge >= 0.3 is 0 Å². The predicted octanol–water partition coefficient (Wildman–Crippen LogP) is 0.436. The first-order chi connectivity index (χ1) is 8.75. The number of nitrogens with two attached hydrogens (primary N) is 1. The second-order valence-corrected chi connectivity index (χ2v) is 8.05. The molecule has 0 aromatic heterocycles. The highest BCUT2D eigenvalue weighted by molar-refractivity contribution is 7.92. The normalized spacial score (nSPS) is 15.6. The quantitative estimate of drug-likeness (QED) is 0.872. The number of sulfonamides is 2. The lowest BCUT2D eigenvalue weighted by molar-refractivity contribution is 0.590. The maximum atomic E-state index is 12.1. The first kappa shape index (κ1) is 14.3. The molecule has 0 fully saturated rings. The van der Waals surface area contributed by atoms with E-state index < -0.39 is 20.0 Å². The van der Waals surface area contributed by atoms with Gasteiger partial charge in [0.1, 0.15) is 0 Å². The fourth-order valence-electron chi connectivity index (χ4n) is 2.18. The number of hydrogen-bond acceptors (Lipinski definition) is 4. The fraction of sp³-hybridized carbons (Fsp3) is 0.455. The van der Waals surface area contributed by atoms with Crippen molar-refractivity contribution in [3.05, 3.63) is 23.8 Å². The topological polar surface area (TPSA) is 97.5 Å². The van der Waals surface area contributed by atoms with E-state index >= 15 is 0 Å². The molecule has 1 aromatic rings. The van der Waals surface area contributed by atoms with E-state index in [1.807, 2.05) is 0 Å². The van der Waals surface area contributed by atoms with Crippen molar-refractivity contribution in [3.63, 3.8) is 0 Å². The third-order valence-corrected chi connectivity index (χ3v) is 5.92. The maximum absolute atomic E-state index is 12.1. The smallest absolute Gasteiger partial charge is 0.238 e. The Morgan fingerprint density at radius 1 is 1.26 bits per heavy atom. The summed E-state index contributed by atoms with van der Waals surface area (Å²) in [4.78, 5) is 0.0148. The summed E-state index contributed by atoms with van der Waals surface area (Å²) in [5.74, 6) is 0.0867. The molecule has 0 radical (unpaired) electrons. The number of benzene rings is 1. The summed E-state index contributed by atoms with van der Waals surface area (Å²) in [7, 11) is -7.07. The summed E-state index contributed by atoms with van der Waals surface area (Å²) in [5.41, 5.74) is 1.26. The molecule has 1 heterocycles. The van der Waals surface area contributed by atoms with Crippen molar-refractivity contribution in [3.8, 4) is 0 Å². The van der Waals surface area contributed by atoms with Gasteiger partial charge in [-0.3, -0.25) is 4.31 Å². The highest BCUT2D eigenvalue weighted by Crippen LogP contribution is 2.32. The zero-order valence-electron chi connectivity index (χ0n) is 10.5. The Bertz CT molecular complexity index is 695. The van der Waals surface area contributed by atoms with E-state index in [2.05, 4.69) is 0 Å². The third-order valence-electron chi connectivity index (χ3n) is 3.03. The van der Waals surface area contributed by atoms with Gasteiger partial charge in [0, 0.05) is 6.54 Å². The van der Waals surface area contributed by atoms with E-state index in [-0.39, 0.29) is 10.6 Å². The molecule has 19 heavy (non-hydrogen) atoms. The van der Waals surface area contributed by atoms with E-state index in [4.69, 9.17) is 5.14 Å². The minimum absolute atomic E-state index is 0.0148.